The molecule has 0 radical (unpaired) electrons. The molecule has 2 unspecified atom stereocenters. The van der Waals surface area contributed by atoms with Crippen molar-refractivity contribution in [3.8, 4) is 0 Å². The number of amides is 2. The molecule has 1 saturated carbocycles. The van der Waals surface area contributed by atoms with Gasteiger partial charge in [0.1, 0.15) is 0 Å². The van der Waals surface area contributed by atoms with Crippen molar-refractivity contribution in [2.24, 2.45) is 5.73 Å². The van der Waals surface area contributed by atoms with Gasteiger partial charge in [-0.3, -0.25) is 9.59 Å². The van der Waals surface area contributed by atoms with E-state index in [1.807, 2.05) is 18.2 Å². The fourth-order valence-corrected chi connectivity index (χ4v) is 3.05. The van der Waals surface area contributed by atoms with E-state index in [1.54, 1.807) is 11.4 Å². The first-order chi connectivity index (χ1) is 9.65. The minimum atomic E-state index is -0.506. The molecule has 2 atom stereocenters. The number of hydrogen-bond donors (Lipinski definition) is 2. The molecule has 20 heavy (non-hydrogen) atoms. The monoisotopic (exact) mass is 286 g/mol. The van der Waals surface area contributed by atoms with E-state index in [0.29, 0.717) is 16.4 Å². The molecular formula is C15H14N2O2S. The SMILES string of the molecule is NC(=O)c1csc(C(=O)NC2CC2c2ccccc2)c1. The maximum absolute atomic E-state index is 12.1. The van der Waals surface area contributed by atoms with Gasteiger partial charge in [0.25, 0.3) is 5.91 Å². The largest absolute Gasteiger partial charge is 0.366 e. The Kier molecular flexibility index (Phi) is 3.28. The summed E-state index contributed by atoms with van der Waals surface area (Å²) < 4.78 is 0. The third kappa shape index (κ3) is 2.58. The average molecular weight is 286 g/mol. The third-order valence-electron chi connectivity index (χ3n) is 3.44. The highest BCUT2D eigenvalue weighted by molar-refractivity contribution is 7.12. The smallest absolute Gasteiger partial charge is 0.261 e. The van der Waals surface area contributed by atoms with E-state index < -0.39 is 5.91 Å². The number of hydrogen-bond acceptors (Lipinski definition) is 3. The van der Waals surface area contributed by atoms with Crippen LogP contribution in [0.4, 0.5) is 0 Å². The van der Waals surface area contributed by atoms with Crippen molar-refractivity contribution in [1.82, 2.24) is 5.32 Å². The van der Waals surface area contributed by atoms with Crippen LogP contribution in [0.15, 0.2) is 41.8 Å². The first kappa shape index (κ1) is 12.9. The lowest BCUT2D eigenvalue weighted by Gasteiger charge is -2.03. The Morgan fingerprint density at radius 1 is 1.25 bits per heavy atom. The van der Waals surface area contributed by atoms with E-state index >= 15 is 0 Å². The van der Waals surface area contributed by atoms with Gasteiger partial charge >= 0.3 is 0 Å². The second-order valence-electron chi connectivity index (χ2n) is 4.90. The highest BCUT2D eigenvalue weighted by atomic mass is 32.1. The molecule has 5 heteroatoms. The van der Waals surface area contributed by atoms with Crippen LogP contribution in [-0.4, -0.2) is 17.9 Å². The van der Waals surface area contributed by atoms with Crippen LogP contribution in [0.5, 0.6) is 0 Å². The van der Waals surface area contributed by atoms with Gasteiger partial charge in [-0.15, -0.1) is 11.3 Å². The molecule has 2 amide bonds. The first-order valence-corrected chi connectivity index (χ1v) is 7.27. The number of thiophene rings is 1. The predicted octanol–water partition coefficient (Wildman–Crippen LogP) is 2.13. The lowest BCUT2D eigenvalue weighted by molar-refractivity contribution is 0.0954. The van der Waals surface area contributed by atoms with Gasteiger partial charge in [0, 0.05) is 17.3 Å². The molecule has 3 rings (SSSR count). The molecule has 1 heterocycles. The Morgan fingerprint density at radius 2 is 2.00 bits per heavy atom. The highest BCUT2D eigenvalue weighted by Crippen LogP contribution is 2.40. The quantitative estimate of drug-likeness (QED) is 0.903. The van der Waals surface area contributed by atoms with E-state index in [4.69, 9.17) is 5.73 Å². The number of carbonyl (C=O) groups excluding carboxylic acids is 2. The topological polar surface area (TPSA) is 72.2 Å². The molecule has 0 saturated heterocycles. The van der Waals surface area contributed by atoms with Crippen molar-refractivity contribution in [3.05, 3.63) is 57.8 Å². The van der Waals surface area contributed by atoms with Crippen molar-refractivity contribution in [1.29, 1.82) is 0 Å². The molecule has 1 aromatic carbocycles. The maximum Gasteiger partial charge on any atom is 0.261 e. The maximum atomic E-state index is 12.1. The van der Waals surface area contributed by atoms with Crippen LogP contribution in [0.25, 0.3) is 0 Å². The summed E-state index contributed by atoms with van der Waals surface area (Å²) in [5.74, 6) is -0.240. The predicted molar refractivity (Wildman–Crippen MR) is 77.9 cm³/mol. The Labute approximate surface area is 120 Å². The summed E-state index contributed by atoms with van der Waals surface area (Å²) in [5.41, 5.74) is 6.81. The summed E-state index contributed by atoms with van der Waals surface area (Å²) in [7, 11) is 0. The molecule has 1 fully saturated rings. The fourth-order valence-electron chi connectivity index (χ4n) is 2.25. The van der Waals surface area contributed by atoms with Crippen LogP contribution >= 0.6 is 11.3 Å². The molecule has 0 bridgehead atoms. The van der Waals surface area contributed by atoms with Gasteiger partial charge in [-0.1, -0.05) is 30.3 Å². The molecule has 4 nitrogen and oxygen atoms in total. The normalized spacial score (nSPS) is 20.4. The van der Waals surface area contributed by atoms with Gasteiger partial charge in [0.05, 0.1) is 10.4 Å². The van der Waals surface area contributed by atoms with Crippen molar-refractivity contribution in [3.63, 3.8) is 0 Å². The summed E-state index contributed by atoms with van der Waals surface area (Å²) in [4.78, 5) is 23.6. The molecule has 1 aliphatic rings. The summed E-state index contributed by atoms with van der Waals surface area (Å²) in [5, 5.41) is 4.60. The number of nitrogens with one attached hydrogen (secondary N) is 1. The standard InChI is InChI=1S/C15H14N2O2S/c16-14(18)10-6-13(20-8-10)15(19)17-12-7-11(12)9-4-2-1-3-5-9/h1-6,8,11-12H,7H2,(H2,16,18)(H,17,19). The van der Waals surface area contributed by atoms with Crippen LogP contribution < -0.4 is 11.1 Å². The van der Waals surface area contributed by atoms with Crippen LogP contribution in [-0.2, 0) is 0 Å². The van der Waals surface area contributed by atoms with Crippen molar-refractivity contribution >= 4 is 23.2 Å². The average Bonchev–Trinajstić information content (AvgIpc) is 3.02. The number of nitrogens with two attached hydrogens (primary N) is 1. The van der Waals surface area contributed by atoms with E-state index in [-0.39, 0.29) is 11.9 Å². The van der Waals surface area contributed by atoms with Crippen molar-refractivity contribution in [2.45, 2.75) is 18.4 Å². The minimum Gasteiger partial charge on any atom is -0.366 e. The number of rotatable bonds is 4. The van der Waals surface area contributed by atoms with Crippen molar-refractivity contribution in [2.75, 3.05) is 0 Å². The molecular weight excluding hydrogens is 272 g/mol. The number of benzene rings is 1. The Balaban J connectivity index is 1.62. The number of primary amides is 1. The molecule has 0 aliphatic heterocycles. The second-order valence-corrected chi connectivity index (χ2v) is 5.81. The molecule has 102 valence electrons. The lowest BCUT2D eigenvalue weighted by Crippen LogP contribution is -2.25. The Hall–Kier alpha value is -2.14. The highest BCUT2D eigenvalue weighted by Gasteiger charge is 2.39. The van der Waals surface area contributed by atoms with Crippen LogP contribution in [0.2, 0.25) is 0 Å². The molecule has 3 N–H and O–H groups in total. The summed E-state index contributed by atoms with van der Waals surface area (Å²) in [6.45, 7) is 0. The van der Waals surface area contributed by atoms with Gasteiger partial charge in [-0.05, 0) is 18.1 Å². The Bertz CT molecular complexity index is 651. The van der Waals surface area contributed by atoms with E-state index in [2.05, 4.69) is 17.4 Å². The first-order valence-electron chi connectivity index (χ1n) is 6.39. The van der Waals surface area contributed by atoms with E-state index in [0.717, 1.165) is 6.42 Å². The molecule has 0 spiro atoms. The zero-order valence-electron chi connectivity index (χ0n) is 10.7. The lowest BCUT2D eigenvalue weighted by atomic mass is 10.1. The molecule has 1 aliphatic carbocycles. The van der Waals surface area contributed by atoms with Crippen LogP contribution in [0, 0.1) is 0 Å². The zero-order chi connectivity index (χ0) is 14.1. The van der Waals surface area contributed by atoms with Gasteiger partial charge in [0.15, 0.2) is 0 Å². The Morgan fingerprint density at radius 3 is 2.65 bits per heavy atom. The van der Waals surface area contributed by atoms with Crippen LogP contribution in [0.3, 0.4) is 0 Å². The van der Waals surface area contributed by atoms with Gasteiger partial charge in [-0.2, -0.15) is 0 Å². The van der Waals surface area contributed by atoms with E-state index in [9.17, 15) is 9.59 Å². The zero-order valence-corrected chi connectivity index (χ0v) is 11.5. The summed E-state index contributed by atoms with van der Waals surface area (Å²) >= 11 is 1.24. The minimum absolute atomic E-state index is 0.133. The number of carbonyl (C=O) groups is 2. The van der Waals surface area contributed by atoms with Gasteiger partial charge in [-0.25, -0.2) is 0 Å². The third-order valence-corrected chi connectivity index (χ3v) is 4.37. The fraction of sp³-hybridized carbons (Fsp3) is 0.200. The van der Waals surface area contributed by atoms with Crippen LogP contribution in [0.1, 0.15) is 37.9 Å². The van der Waals surface area contributed by atoms with E-state index in [1.165, 1.54) is 16.9 Å². The second kappa shape index (κ2) is 5.09. The molecule has 2 aromatic rings. The summed E-state index contributed by atoms with van der Waals surface area (Å²) in [6, 6.07) is 11.9. The molecule has 1 aromatic heterocycles. The van der Waals surface area contributed by atoms with Gasteiger partial charge in [0.2, 0.25) is 5.91 Å². The van der Waals surface area contributed by atoms with Gasteiger partial charge < -0.3 is 11.1 Å². The van der Waals surface area contributed by atoms with Crippen molar-refractivity contribution < 1.29 is 9.59 Å². The summed E-state index contributed by atoms with van der Waals surface area (Å²) in [6.07, 6.45) is 0.962.